The summed E-state index contributed by atoms with van der Waals surface area (Å²) < 4.78 is 5.13. The van der Waals surface area contributed by atoms with Gasteiger partial charge in [0.15, 0.2) is 5.13 Å². The van der Waals surface area contributed by atoms with Crippen molar-refractivity contribution in [1.29, 1.82) is 0 Å². The molecular weight excluding hydrogens is 334 g/mol. The highest BCUT2D eigenvalue weighted by molar-refractivity contribution is 7.14. The maximum atomic E-state index is 12.1. The van der Waals surface area contributed by atoms with Crippen LogP contribution in [0.1, 0.15) is 20.3 Å². The molecule has 1 aromatic carbocycles. The van der Waals surface area contributed by atoms with E-state index in [1.165, 1.54) is 11.3 Å². The number of benzene rings is 1. The Labute approximate surface area is 144 Å². The Morgan fingerprint density at radius 2 is 2.26 bits per heavy atom. The van der Waals surface area contributed by atoms with Crippen molar-refractivity contribution in [3.8, 4) is 17.0 Å². The van der Waals surface area contributed by atoms with Gasteiger partial charge in [-0.1, -0.05) is 31.9 Å². The first-order chi connectivity index (χ1) is 11.0. The van der Waals surface area contributed by atoms with Gasteiger partial charge in [0.1, 0.15) is 5.75 Å². The molecule has 3 N–H and O–H groups in total. The van der Waals surface area contributed by atoms with E-state index in [2.05, 4.69) is 10.3 Å². The standard InChI is InChI=1S/C16H20ClN3O2S/c1-4-9(2)14(18)15(21)20-16-19-12(8-23-16)10-5-6-13(22-3)11(17)7-10/h5-9,14H,4,18H2,1-3H3,(H,19,20,21). The molecule has 2 rings (SSSR count). The van der Waals surface area contributed by atoms with Crippen molar-refractivity contribution in [2.45, 2.75) is 26.3 Å². The Morgan fingerprint density at radius 1 is 1.52 bits per heavy atom. The first kappa shape index (κ1) is 17.7. The van der Waals surface area contributed by atoms with Crippen LogP contribution < -0.4 is 15.8 Å². The third-order valence-electron chi connectivity index (χ3n) is 3.74. The highest BCUT2D eigenvalue weighted by atomic mass is 35.5. The van der Waals surface area contributed by atoms with Gasteiger partial charge in [0.2, 0.25) is 5.91 Å². The zero-order valence-corrected chi connectivity index (χ0v) is 14.9. The zero-order chi connectivity index (χ0) is 17.0. The number of hydrogen-bond donors (Lipinski definition) is 2. The van der Waals surface area contributed by atoms with Crippen molar-refractivity contribution < 1.29 is 9.53 Å². The fourth-order valence-corrected chi connectivity index (χ4v) is 2.97. The molecule has 2 aromatic rings. The minimum Gasteiger partial charge on any atom is -0.495 e. The van der Waals surface area contributed by atoms with Gasteiger partial charge in [-0.25, -0.2) is 4.98 Å². The van der Waals surface area contributed by atoms with Gasteiger partial charge >= 0.3 is 0 Å². The fourth-order valence-electron chi connectivity index (χ4n) is 1.99. The van der Waals surface area contributed by atoms with Crippen LogP contribution in [0.5, 0.6) is 5.75 Å². The van der Waals surface area contributed by atoms with Gasteiger partial charge in [-0.3, -0.25) is 4.79 Å². The van der Waals surface area contributed by atoms with E-state index in [1.807, 2.05) is 25.3 Å². The van der Waals surface area contributed by atoms with Gasteiger partial charge in [-0.05, 0) is 24.1 Å². The number of nitrogens with one attached hydrogen (secondary N) is 1. The molecule has 0 radical (unpaired) electrons. The normalized spacial score (nSPS) is 13.4. The number of methoxy groups -OCH3 is 1. The molecule has 2 atom stereocenters. The maximum Gasteiger partial charge on any atom is 0.243 e. The Morgan fingerprint density at radius 3 is 2.87 bits per heavy atom. The second kappa shape index (κ2) is 7.77. The summed E-state index contributed by atoms with van der Waals surface area (Å²) in [5, 5.41) is 5.67. The van der Waals surface area contributed by atoms with E-state index in [4.69, 9.17) is 22.1 Å². The van der Waals surface area contributed by atoms with Gasteiger partial charge in [0.05, 0.1) is 23.9 Å². The van der Waals surface area contributed by atoms with Crippen molar-refractivity contribution in [2.75, 3.05) is 12.4 Å². The summed E-state index contributed by atoms with van der Waals surface area (Å²) in [7, 11) is 1.57. The van der Waals surface area contributed by atoms with E-state index >= 15 is 0 Å². The van der Waals surface area contributed by atoms with E-state index in [0.717, 1.165) is 17.7 Å². The van der Waals surface area contributed by atoms with E-state index in [9.17, 15) is 4.79 Å². The Bertz CT molecular complexity index is 690. The molecule has 23 heavy (non-hydrogen) atoms. The summed E-state index contributed by atoms with van der Waals surface area (Å²) in [6.45, 7) is 3.96. The monoisotopic (exact) mass is 353 g/mol. The van der Waals surface area contributed by atoms with Crippen molar-refractivity contribution in [1.82, 2.24) is 4.98 Å². The molecule has 0 aliphatic rings. The summed E-state index contributed by atoms with van der Waals surface area (Å²) in [4.78, 5) is 16.5. The average Bonchev–Trinajstić information content (AvgIpc) is 3.01. The number of anilines is 1. The predicted octanol–water partition coefficient (Wildman–Crippen LogP) is 3.78. The first-order valence-corrected chi connectivity index (χ1v) is 8.57. The van der Waals surface area contributed by atoms with E-state index in [0.29, 0.717) is 15.9 Å². The molecule has 0 bridgehead atoms. The summed E-state index contributed by atoms with van der Waals surface area (Å²) >= 11 is 7.48. The Hall–Kier alpha value is -1.63. The third-order valence-corrected chi connectivity index (χ3v) is 4.79. The third kappa shape index (κ3) is 4.22. The number of ether oxygens (including phenoxy) is 1. The summed E-state index contributed by atoms with van der Waals surface area (Å²) in [5.41, 5.74) is 7.52. The molecule has 0 fully saturated rings. The van der Waals surface area contributed by atoms with Crippen LogP contribution in [-0.4, -0.2) is 24.0 Å². The SMILES string of the molecule is CCC(C)C(N)C(=O)Nc1nc(-c2ccc(OC)c(Cl)c2)cs1. The van der Waals surface area contributed by atoms with Crippen molar-refractivity contribution in [2.24, 2.45) is 11.7 Å². The molecule has 0 spiro atoms. The number of halogens is 1. The van der Waals surface area contributed by atoms with E-state index in [-0.39, 0.29) is 11.8 Å². The van der Waals surface area contributed by atoms with E-state index in [1.54, 1.807) is 19.2 Å². The highest BCUT2D eigenvalue weighted by Crippen LogP contribution is 2.31. The highest BCUT2D eigenvalue weighted by Gasteiger charge is 2.20. The number of nitrogens with zero attached hydrogens (tertiary/aromatic N) is 1. The molecule has 0 saturated carbocycles. The van der Waals surface area contributed by atoms with Crippen molar-refractivity contribution in [3.63, 3.8) is 0 Å². The Kier molecular flexibility index (Phi) is 5.98. The Balaban J connectivity index is 2.12. The van der Waals surface area contributed by atoms with Crippen LogP contribution in [0.2, 0.25) is 5.02 Å². The second-order valence-electron chi connectivity index (χ2n) is 5.29. The molecule has 1 aromatic heterocycles. The summed E-state index contributed by atoms with van der Waals surface area (Å²) in [5.74, 6) is 0.515. The predicted molar refractivity (Wildman–Crippen MR) is 95.2 cm³/mol. The summed E-state index contributed by atoms with van der Waals surface area (Å²) in [6.07, 6.45) is 0.849. The minimum atomic E-state index is -0.539. The van der Waals surface area contributed by atoms with E-state index < -0.39 is 6.04 Å². The number of hydrogen-bond acceptors (Lipinski definition) is 5. The van der Waals surface area contributed by atoms with Crippen molar-refractivity contribution in [3.05, 3.63) is 28.6 Å². The maximum absolute atomic E-state index is 12.1. The molecule has 5 nitrogen and oxygen atoms in total. The van der Waals surface area contributed by atoms with Crippen LogP contribution in [0.15, 0.2) is 23.6 Å². The number of aromatic nitrogens is 1. The van der Waals surface area contributed by atoms with Gasteiger partial charge in [0.25, 0.3) is 0 Å². The lowest BCUT2D eigenvalue weighted by molar-refractivity contribution is -0.118. The quantitative estimate of drug-likeness (QED) is 0.828. The number of carbonyl (C=O) groups excluding carboxylic acids is 1. The molecule has 0 aliphatic carbocycles. The second-order valence-corrected chi connectivity index (χ2v) is 6.55. The largest absolute Gasteiger partial charge is 0.495 e. The van der Waals surface area contributed by atoms with Crippen LogP contribution in [0.3, 0.4) is 0 Å². The molecule has 124 valence electrons. The lowest BCUT2D eigenvalue weighted by Crippen LogP contribution is -2.40. The molecule has 2 unspecified atom stereocenters. The van der Waals surface area contributed by atoms with Gasteiger partial charge in [-0.2, -0.15) is 0 Å². The topological polar surface area (TPSA) is 77.2 Å². The smallest absolute Gasteiger partial charge is 0.243 e. The molecular formula is C16H20ClN3O2S. The van der Waals surface area contributed by atoms with Gasteiger partial charge in [0, 0.05) is 10.9 Å². The molecule has 0 saturated heterocycles. The minimum absolute atomic E-state index is 0.120. The fraction of sp³-hybridized carbons (Fsp3) is 0.375. The molecule has 1 heterocycles. The number of carbonyl (C=O) groups is 1. The molecule has 0 aliphatic heterocycles. The number of thiazole rings is 1. The van der Waals surface area contributed by atoms with Gasteiger partial charge in [-0.15, -0.1) is 11.3 Å². The zero-order valence-electron chi connectivity index (χ0n) is 13.3. The lowest BCUT2D eigenvalue weighted by Gasteiger charge is -2.16. The van der Waals surface area contributed by atoms with Crippen LogP contribution in [0, 0.1) is 5.92 Å². The van der Waals surface area contributed by atoms with Gasteiger partial charge < -0.3 is 15.8 Å². The average molecular weight is 354 g/mol. The van der Waals surface area contributed by atoms with Crippen LogP contribution in [0.25, 0.3) is 11.3 Å². The number of rotatable bonds is 6. The number of amides is 1. The van der Waals surface area contributed by atoms with Crippen molar-refractivity contribution >= 4 is 34.0 Å². The summed E-state index contributed by atoms with van der Waals surface area (Å²) in [6, 6.07) is 4.90. The lowest BCUT2D eigenvalue weighted by atomic mass is 10.00. The first-order valence-electron chi connectivity index (χ1n) is 7.32. The molecule has 7 heteroatoms. The van der Waals surface area contributed by atoms with Crippen LogP contribution >= 0.6 is 22.9 Å². The van der Waals surface area contributed by atoms with Crippen LogP contribution in [-0.2, 0) is 4.79 Å². The van der Waals surface area contributed by atoms with Crippen LogP contribution in [0.4, 0.5) is 5.13 Å². The molecule has 1 amide bonds. The number of nitrogens with two attached hydrogens (primary N) is 1.